The second-order valence-corrected chi connectivity index (χ2v) is 12.5. The highest BCUT2D eigenvalue weighted by molar-refractivity contribution is 5.76. The lowest BCUT2D eigenvalue weighted by Crippen LogP contribution is -2.69. The minimum atomic E-state index is -2.85. The van der Waals surface area contributed by atoms with Crippen molar-refractivity contribution in [3.05, 3.63) is 0 Å². The summed E-state index contributed by atoms with van der Waals surface area (Å²) in [6.45, 7) is -0.0757. The van der Waals surface area contributed by atoms with Crippen LogP contribution >= 0.6 is 0 Å². The number of rotatable bonds is 18. The number of aliphatic carboxylic acids is 1. The third-order valence-corrected chi connectivity index (χ3v) is 8.62. The number of hydrogen-bond acceptors (Lipinski definition) is 20. The third-order valence-electron chi connectivity index (χ3n) is 8.62. The maximum Gasteiger partial charge on any atom is 0.364 e. The first-order valence-corrected chi connectivity index (χ1v) is 16.4. The number of carboxylic acid groups (broad SMARTS) is 1. The van der Waals surface area contributed by atoms with E-state index in [0.717, 1.165) is 13.8 Å². The molecule has 3 aliphatic rings. The van der Waals surface area contributed by atoms with Crippen LogP contribution in [0.2, 0.25) is 0 Å². The summed E-state index contributed by atoms with van der Waals surface area (Å²) in [6, 6.07) is -2.80. The number of carboxylic acids is 1. The molecular weight excluding hydrogens is 710 g/mol. The van der Waals surface area contributed by atoms with E-state index < -0.39 is 142 Å². The van der Waals surface area contributed by atoms with Gasteiger partial charge in [-0.25, -0.2) is 4.79 Å². The number of carbonyl (C=O) groups excluding carboxylic acids is 2. The van der Waals surface area contributed by atoms with Crippen LogP contribution in [0.5, 0.6) is 0 Å². The number of hydrogen-bond donors (Lipinski definition) is 13. The Morgan fingerprint density at radius 3 is 2.08 bits per heavy atom. The van der Waals surface area contributed by atoms with Crippen molar-refractivity contribution >= 4 is 17.8 Å². The van der Waals surface area contributed by atoms with E-state index in [-0.39, 0.29) is 26.4 Å². The Hall–Kier alpha value is -2.27. The van der Waals surface area contributed by atoms with Crippen molar-refractivity contribution in [2.75, 3.05) is 46.2 Å². The van der Waals surface area contributed by atoms with Crippen LogP contribution in [0, 0.1) is 0 Å². The van der Waals surface area contributed by atoms with Crippen LogP contribution < -0.4 is 16.4 Å². The van der Waals surface area contributed by atoms with Crippen molar-refractivity contribution in [3.8, 4) is 0 Å². The monoisotopic (exact) mass is 761 g/mol. The molecule has 23 nitrogen and oxygen atoms in total. The average molecular weight is 762 g/mol. The summed E-state index contributed by atoms with van der Waals surface area (Å²) in [5.74, 6) is -6.05. The van der Waals surface area contributed by atoms with Gasteiger partial charge in [-0.15, -0.1) is 0 Å². The van der Waals surface area contributed by atoms with Gasteiger partial charge >= 0.3 is 5.97 Å². The number of aliphatic hydroxyl groups excluding tert-OH is 9. The van der Waals surface area contributed by atoms with Crippen LogP contribution in [0.15, 0.2) is 0 Å². The van der Waals surface area contributed by atoms with Gasteiger partial charge in [0.1, 0.15) is 67.1 Å². The second kappa shape index (κ2) is 19.9. The van der Waals surface area contributed by atoms with E-state index in [4.69, 9.17) is 38.9 Å². The number of ether oxygens (including phenoxy) is 7. The Labute approximate surface area is 297 Å². The molecule has 3 rings (SSSR count). The standard InChI is InChI=1S/C29H51N3O20/c1-11(35)31-17-13(37)7-29(28(44)45,52-25(17)19(39)14(38)8-33)48-10-16-20(40)22(42)23(43)27(50-16)51-24-15(9-34)49-26(47-6-5-46-4-3-30)18(21(24)41)32-12(2)36/h13-27,33-34,37-43H,3-10,30H2,1-2H3,(H,31,35)(H,32,36)(H,44,45)/t13-,14+,15+,16+,17+,18+,19+,20-,21+,22-,23+,24+,25+,26+,27-,29+/m0/s1. The normalized spacial score (nSPS) is 39.3. The lowest BCUT2D eigenvalue weighted by atomic mass is 9.88. The zero-order chi connectivity index (χ0) is 38.9. The first kappa shape index (κ1) is 44.1. The van der Waals surface area contributed by atoms with E-state index >= 15 is 0 Å². The van der Waals surface area contributed by atoms with E-state index in [1.165, 1.54) is 0 Å². The lowest BCUT2D eigenvalue weighted by Gasteiger charge is -2.48. The van der Waals surface area contributed by atoms with Crippen molar-refractivity contribution in [1.82, 2.24) is 10.6 Å². The minimum absolute atomic E-state index is 0.0679. The summed E-state index contributed by atoms with van der Waals surface area (Å²) < 4.78 is 39.0. The average Bonchev–Trinajstić information content (AvgIpc) is 3.09. The molecule has 0 aromatic heterocycles. The first-order valence-electron chi connectivity index (χ1n) is 16.4. The molecule has 0 spiro atoms. The molecule has 0 aromatic rings. The molecule has 23 heteroatoms. The fraction of sp³-hybridized carbons (Fsp3) is 0.897. The van der Waals surface area contributed by atoms with Gasteiger partial charge in [0, 0.05) is 26.8 Å². The Balaban J connectivity index is 1.81. The lowest BCUT2D eigenvalue weighted by molar-refractivity contribution is -0.360. The Bertz CT molecular complexity index is 1160. The van der Waals surface area contributed by atoms with Crippen LogP contribution in [0.25, 0.3) is 0 Å². The van der Waals surface area contributed by atoms with Gasteiger partial charge in [-0.1, -0.05) is 0 Å². The molecule has 16 atom stereocenters. The molecule has 0 aliphatic carbocycles. The Kier molecular flexibility index (Phi) is 16.9. The number of carbonyl (C=O) groups is 3. The van der Waals surface area contributed by atoms with Gasteiger partial charge in [-0.3, -0.25) is 9.59 Å². The zero-order valence-corrected chi connectivity index (χ0v) is 28.4. The van der Waals surface area contributed by atoms with Crippen LogP contribution in [0.3, 0.4) is 0 Å². The van der Waals surface area contributed by atoms with Crippen molar-refractivity contribution in [3.63, 3.8) is 0 Å². The van der Waals surface area contributed by atoms with Crippen molar-refractivity contribution < 1.29 is 98.6 Å². The van der Waals surface area contributed by atoms with E-state index in [0.29, 0.717) is 0 Å². The van der Waals surface area contributed by atoms with E-state index in [1.807, 2.05) is 0 Å². The highest BCUT2D eigenvalue weighted by Crippen LogP contribution is 2.35. The number of amides is 2. The quantitative estimate of drug-likeness (QED) is 0.0577. The highest BCUT2D eigenvalue weighted by Gasteiger charge is 2.57. The Morgan fingerprint density at radius 2 is 1.50 bits per heavy atom. The predicted octanol–water partition coefficient (Wildman–Crippen LogP) is -8.08. The van der Waals surface area contributed by atoms with Crippen molar-refractivity contribution in [2.24, 2.45) is 5.73 Å². The van der Waals surface area contributed by atoms with E-state index in [9.17, 15) is 65.4 Å². The summed E-state index contributed by atoms with van der Waals surface area (Å²) in [5.41, 5.74) is 5.38. The maximum absolute atomic E-state index is 12.5. The van der Waals surface area contributed by atoms with E-state index in [2.05, 4.69) is 10.6 Å². The van der Waals surface area contributed by atoms with Crippen molar-refractivity contribution in [1.29, 1.82) is 0 Å². The summed E-state index contributed by atoms with van der Waals surface area (Å²) in [5, 5.41) is 109. The van der Waals surface area contributed by atoms with Crippen molar-refractivity contribution in [2.45, 2.75) is 118 Å². The molecule has 0 aromatic carbocycles. The summed E-state index contributed by atoms with van der Waals surface area (Å²) in [6.07, 6.45) is -24.3. The molecule has 3 saturated heterocycles. The molecule has 52 heavy (non-hydrogen) atoms. The molecule has 0 radical (unpaired) electrons. The smallest absolute Gasteiger partial charge is 0.364 e. The SMILES string of the molecule is CC(=O)N[C@H]1[C@H](OCCOCCN)O[C@H](CO)[C@@H](O[C@@H]2O[C@H](CO[C@]3(C(=O)O)C[C@H](O)[C@@H](NC(C)=O)[C@H]([C@H](O)[C@H](O)CO)O3)[C@H](O)[C@H](O)[C@H]2O)[C@@H]1O. The van der Waals surface area contributed by atoms with Gasteiger partial charge in [-0.05, 0) is 0 Å². The third kappa shape index (κ3) is 10.7. The van der Waals surface area contributed by atoms with Crippen LogP contribution in [-0.2, 0) is 47.5 Å². The molecule has 0 bridgehead atoms. The first-order chi connectivity index (χ1) is 24.5. The summed E-state index contributed by atoms with van der Waals surface area (Å²) in [7, 11) is 0. The Morgan fingerprint density at radius 1 is 0.865 bits per heavy atom. The van der Waals surface area contributed by atoms with Gasteiger partial charge < -0.3 is 101 Å². The van der Waals surface area contributed by atoms with E-state index in [1.54, 1.807) is 0 Å². The maximum atomic E-state index is 12.5. The fourth-order valence-electron chi connectivity index (χ4n) is 5.99. The van der Waals surface area contributed by atoms with Gasteiger partial charge in [0.25, 0.3) is 5.79 Å². The van der Waals surface area contributed by atoms with Crippen LogP contribution in [-0.4, -0.2) is 213 Å². The largest absolute Gasteiger partial charge is 0.477 e. The number of nitrogens with one attached hydrogen (secondary N) is 2. The predicted molar refractivity (Wildman–Crippen MR) is 165 cm³/mol. The van der Waals surface area contributed by atoms with Gasteiger partial charge in [-0.2, -0.15) is 0 Å². The molecule has 2 amide bonds. The fourth-order valence-corrected chi connectivity index (χ4v) is 5.99. The molecule has 3 heterocycles. The zero-order valence-electron chi connectivity index (χ0n) is 28.4. The molecule has 3 fully saturated rings. The summed E-state index contributed by atoms with van der Waals surface area (Å²) in [4.78, 5) is 36.3. The van der Waals surface area contributed by atoms with Gasteiger partial charge in [0.2, 0.25) is 11.8 Å². The second-order valence-electron chi connectivity index (χ2n) is 12.5. The number of nitrogens with two attached hydrogens (primary N) is 1. The minimum Gasteiger partial charge on any atom is -0.477 e. The van der Waals surface area contributed by atoms with Gasteiger partial charge in [0.05, 0.1) is 51.8 Å². The van der Waals surface area contributed by atoms with Gasteiger partial charge in [0.15, 0.2) is 12.6 Å². The molecular formula is C29H51N3O20. The molecule has 0 unspecified atom stereocenters. The molecule has 0 saturated carbocycles. The molecule has 3 aliphatic heterocycles. The van der Waals surface area contributed by atoms with Crippen LogP contribution in [0.4, 0.5) is 0 Å². The van der Waals surface area contributed by atoms with Crippen LogP contribution in [0.1, 0.15) is 20.3 Å². The molecule has 302 valence electrons. The highest BCUT2D eigenvalue weighted by atomic mass is 16.8. The summed E-state index contributed by atoms with van der Waals surface area (Å²) >= 11 is 0. The molecule has 14 N–H and O–H groups in total. The number of aliphatic hydroxyl groups is 9. The topological polar surface area (TPSA) is 368 Å².